The number of aromatic nitrogens is 4. The summed E-state index contributed by atoms with van der Waals surface area (Å²) in [6.45, 7) is 0. The molecule has 0 radical (unpaired) electrons. The molecule has 0 bridgehead atoms. The lowest BCUT2D eigenvalue weighted by Crippen LogP contribution is -2.31. The minimum absolute atomic E-state index is 0.102. The van der Waals surface area contributed by atoms with E-state index in [2.05, 4.69) is 19.9 Å². The number of imidazole rings is 1. The number of halogens is 1. The second-order valence-corrected chi connectivity index (χ2v) is 6.22. The van der Waals surface area contributed by atoms with Gasteiger partial charge in [-0.2, -0.15) is 4.98 Å². The van der Waals surface area contributed by atoms with Gasteiger partial charge in [0.1, 0.15) is 11.2 Å². The SMILES string of the molecule is CN1C(=O)CSc2cc(-c3nc(Cl)nc4[nH]cnc34)ccc21. The van der Waals surface area contributed by atoms with Crippen LogP contribution >= 0.6 is 23.4 Å². The Morgan fingerprint density at radius 3 is 3.09 bits per heavy atom. The Morgan fingerprint density at radius 1 is 1.36 bits per heavy atom. The Hall–Kier alpha value is -2.12. The van der Waals surface area contributed by atoms with Crippen molar-refractivity contribution in [1.82, 2.24) is 19.9 Å². The molecule has 0 unspecified atom stereocenters. The van der Waals surface area contributed by atoms with Crippen molar-refractivity contribution in [2.24, 2.45) is 0 Å². The number of rotatable bonds is 1. The van der Waals surface area contributed by atoms with Gasteiger partial charge >= 0.3 is 0 Å². The first-order valence-electron chi connectivity index (χ1n) is 6.54. The van der Waals surface area contributed by atoms with E-state index in [1.54, 1.807) is 18.3 Å². The van der Waals surface area contributed by atoms with Crippen LogP contribution in [0.3, 0.4) is 0 Å². The highest BCUT2D eigenvalue weighted by molar-refractivity contribution is 8.00. The Kier molecular flexibility index (Phi) is 3.05. The highest BCUT2D eigenvalue weighted by Crippen LogP contribution is 2.38. The first-order valence-corrected chi connectivity index (χ1v) is 7.90. The monoisotopic (exact) mass is 331 g/mol. The van der Waals surface area contributed by atoms with Gasteiger partial charge in [-0.15, -0.1) is 11.8 Å². The predicted molar refractivity (Wildman–Crippen MR) is 86.3 cm³/mol. The Bertz CT molecular complexity index is 909. The summed E-state index contributed by atoms with van der Waals surface area (Å²) in [7, 11) is 1.79. The number of carbonyl (C=O) groups is 1. The number of nitrogens with zero attached hydrogens (tertiary/aromatic N) is 4. The number of thioether (sulfide) groups is 1. The number of anilines is 1. The molecule has 1 N–H and O–H groups in total. The van der Waals surface area contributed by atoms with Crippen molar-refractivity contribution in [3.05, 3.63) is 29.8 Å². The zero-order valence-corrected chi connectivity index (χ0v) is 13.1. The van der Waals surface area contributed by atoms with Gasteiger partial charge in [0.05, 0.1) is 17.8 Å². The quantitative estimate of drug-likeness (QED) is 0.694. The van der Waals surface area contributed by atoms with Gasteiger partial charge in [0.2, 0.25) is 11.2 Å². The Balaban J connectivity index is 1.89. The lowest BCUT2D eigenvalue weighted by Gasteiger charge is -2.25. The van der Waals surface area contributed by atoms with Crippen LogP contribution in [0.25, 0.3) is 22.4 Å². The maximum Gasteiger partial charge on any atom is 0.237 e. The van der Waals surface area contributed by atoms with Gasteiger partial charge in [-0.1, -0.05) is 6.07 Å². The molecule has 2 aromatic heterocycles. The molecular weight excluding hydrogens is 322 g/mol. The summed E-state index contributed by atoms with van der Waals surface area (Å²) in [6.07, 6.45) is 1.57. The number of carbonyl (C=O) groups excluding carboxylic acids is 1. The topological polar surface area (TPSA) is 74.8 Å². The summed E-state index contributed by atoms with van der Waals surface area (Å²) in [5.41, 5.74) is 3.76. The first-order chi connectivity index (χ1) is 10.6. The predicted octanol–water partition coefficient (Wildman–Crippen LogP) is 2.74. The third-order valence-corrected chi connectivity index (χ3v) is 4.77. The van der Waals surface area contributed by atoms with Gasteiger partial charge in [-0.05, 0) is 23.7 Å². The molecule has 22 heavy (non-hydrogen) atoms. The zero-order valence-electron chi connectivity index (χ0n) is 11.5. The van der Waals surface area contributed by atoms with Crippen molar-refractivity contribution in [1.29, 1.82) is 0 Å². The van der Waals surface area contributed by atoms with Crippen LogP contribution in [0.4, 0.5) is 5.69 Å². The average Bonchev–Trinajstić information content (AvgIpc) is 2.98. The molecule has 0 saturated carbocycles. The van der Waals surface area contributed by atoms with Crippen LogP contribution in [-0.4, -0.2) is 38.6 Å². The molecule has 0 fully saturated rings. The van der Waals surface area contributed by atoms with Gasteiger partial charge in [-0.25, -0.2) is 9.97 Å². The highest BCUT2D eigenvalue weighted by Gasteiger charge is 2.22. The van der Waals surface area contributed by atoms with E-state index in [0.29, 0.717) is 22.6 Å². The maximum atomic E-state index is 11.7. The first kappa shape index (κ1) is 13.5. The number of fused-ring (bicyclic) bond motifs is 2. The number of H-pyrrole nitrogens is 1. The van der Waals surface area contributed by atoms with E-state index in [-0.39, 0.29) is 11.2 Å². The van der Waals surface area contributed by atoms with Crippen LogP contribution in [0.1, 0.15) is 0 Å². The minimum Gasteiger partial charge on any atom is -0.329 e. The molecular formula is C14H10ClN5OS. The summed E-state index contributed by atoms with van der Waals surface area (Å²) < 4.78 is 0. The third kappa shape index (κ3) is 2.05. The molecule has 4 rings (SSSR count). The summed E-state index contributed by atoms with van der Waals surface area (Å²) in [5.74, 6) is 0.542. The van der Waals surface area contributed by atoms with Crippen molar-refractivity contribution < 1.29 is 4.79 Å². The van der Waals surface area contributed by atoms with E-state index in [9.17, 15) is 4.79 Å². The zero-order chi connectivity index (χ0) is 15.3. The van der Waals surface area contributed by atoms with Crippen molar-refractivity contribution in [2.75, 3.05) is 17.7 Å². The van der Waals surface area contributed by atoms with Crippen molar-refractivity contribution >= 4 is 46.1 Å². The van der Waals surface area contributed by atoms with Crippen LogP contribution in [0.2, 0.25) is 5.28 Å². The number of nitrogens with one attached hydrogen (secondary N) is 1. The van der Waals surface area contributed by atoms with Crippen LogP contribution < -0.4 is 4.90 Å². The fourth-order valence-corrected chi connectivity index (χ4v) is 3.64. The van der Waals surface area contributed by atoms with Crippen LogP contribution in [0.15, 0.2) is 29.4 Å². The van der Waals surface area contributed by atoms with Gasteiger partial charge in [0, 0.05) is 17.5 Å². The molecule has 0 spiro atoms. The number of aromatic amines is 1. The third-order valence-electron chi connectivity index (χ3n) is 3.57. The highest BCUT2D eigenvalue weighted by atomic mass is 35.5. The number of hydrogen-bond acceptors (Lipinski definition) is 5. The number of hydrogen-bond donors (Lipinski definition) is 1. The standard InChI is InChI=1S/C14H10ClN5OS/c1-20-8-3-2-7(4-9(8)22-5-10(20)21)11-12-13(17-6-16-12)19-14(15)18-11/h2-4,6H,5H2,1H3,(H,16,17,18,19). The van der Waals surface area contributed by atoms with Crippen molar-refractivity contribution in [3.8, 4) is 11.3 Å². The molecule has 0 atom stereocenters. The molecule has 8 heteroatoms. The maximum absolute atomic E-state index is 11.7. The molecule has 3 aromatic rings. The normalized spacial score (nSPS) is 14.5. The summed E-state index contributed by atoms with van der Waals surface area (Å²) in [6, 6.07) is 5.85. The molecule has 110 valence electrons. The van der Waals surface area contributed by atoms with Gasteiger partial charge in [0.15, 0.2) is 5.65 Å². The van der Waals surface area contributed by atoms with E-state index < -0.39 is 0 Å². The molecule has 3 heterocycles. The van der Waals surface area contributed by atoms with Crippen LogP contribution in [0.5, 0.6) is 0 Å². The Morgan fingerprint density at radius 2 is 2.23 bits per heavy atom. The van der Waals surface area contributed by atoms with Gasteiger partial charge in [0.25, 0.3) is 0 Å². The molecule has 1 aliphatic heterocycles. The summed E-state index contributed by atoms with van der Waals surface area (Å²) in [4.78, 5) is 30.1. The largest absolute Gasteiger partial charge is 0.329 e. The van der Waals surface area contributed by atoms with E-state index in [1.165, 1.54) is 11.8 Å². The van der Waals surface area contributed by atoms with Crippen molar-refractivity contribution in [3.63, 3.8) is 0 Å². The summed E-state index contributed by atoms with van der Waals surface area (Å²) in [5, 5.41) is 0.171. The second kappa shape index (κ2) is 4.96. The molecule has 1 aliphatic rings. The van der Waals surface area contributed by atoms with Crippen LogP contribution in [-0.2, 0) is 4.79 Å². The Labute approximate surface area is 134 Å². The molecule has 1 amide bonds. The van der Waals surface area contributed by atoms with E-state index >= 15 is 0 Å². The minimum atomic E-state index is 0.102. The summed E-state index contributed by atoms with van der Waals surface area (Å²) >= 11 is 7.51. The average molecular weight is 332 g/mol. The van der Waals surface area contributed by atoms with Crippen molar-refractivity contribution in [2.45, 2.75) is 4.90 Å². The fourth-order valence-electron chi connectivity index (χ4n) is 2.43. The van der Waals surface area contributed by atoms with Gasteiger partial charge < -0.3 is 9.88 Å². The van der Waals surface area contributed by atoms with Gasteiger partial charge in [-0.3, -0.25) is 4.79 Å². The van der Waals surface area contributed by atoms with E-state index in [1.807, 2.05) is 18.2 Å². The molecule has 1 aromatic carbocycles. The lowest BCUT2D eigenvalue weighted by molar-refractivity contribution is -0.116. The van der Waals surface area contributed by atoms with E-state index in [0.717, 1.165) is 16.1 Å². The fraction of sp³-hybridized carbons (Fsp3) is 0.143. The van der Waals surface area contributed by atoms with E-state index in [4.69, 9.17) is 11.6 Å². The second-order valence-electron chi connectivity index (χ2n) is 4.86. The lowest BCUT2D eigenvalue weighted by atomic mass is 10.1. The molecule has 0 aliphatic carbocycles. The smallest absolute Gasteiger partial charge is 0.237 e. The molecule has 6 nitrogen and oxygen atoms in total. The molecule has 0 saturated heterocycles. The van der Waals surface area contributed by atoms with Crippen LogP contribution in [0, 0.1) is 0 Å². The number of benzene rings is 1. The number of amides is 1.